The number of rotatable bonds is 5. The first-order chi connectivity index (χ1) is 13.4. The van der Waals surface area contributed by atoms with E-state index in [0.29, 0.717) is 23.1 Å². The van der Waals surface area contributed by atoms with Crippen molar-refractivity contribution in [1.82, 2.24) is 15.3 Å². The van der Waals surface area contributed by atoms with E-state index in [0.717, 1.165) is 47.8 Å². The molecule has 8 heteroatoms. The zero-order chi connectivity index (χ0) is 20.1. The highest BCUT2D eigenvalue weighted by Crippen LogP contribution is 2.24. The largest absolute Gasteiger partial charge is 0.363 e. The van der Waals surface area contributed by atoms with E-state index in [1.54, 1.807) is 6.20 Å². The van der Waals surface area contributed by atoms with Crippen molar-refractivity contribution in [2.45, 2.75) is 44.7 Å². The Labute approximate surface area is 177 Å². The summed E-state index contributed by atoms with van der Waals surface area (Å²) in [5.74, 6) is 1.59. The standard InChI is InChI=1S/C20H27ClN6S/c1-13-16(21)5-4-6-17(13)25-20(28)24-15-9-7-14(8-10-15)23-19-22-12-11-18(26-19)27(2)3/h4-6,11-12,14-15H,7-10H2,1-3H3,(H,22,23,26)(H2,24,25,28). The normalized spacial score (nSPS) is 19.0. The average Bonchev–Trinajstić information content (AvgIpc) is 2.67. The molecule has 3 rings (SSSR count). The molecule has 6 nitrogen and oxygen atoms in total. The van der Waals surface area contributed by atoms with Gasteiger partial charge < -0.3 is 20.9 Å². The summed E-state index contributed by atoms with van der Waals surface area (Å²) in [5, 5.41) is 11.5. The van der Waals surface area contributed by atoms with Crippen molar-refractivity contribution in [2.75, 3.05) is 29.6 Å². The van der Waals surface area contributed by atoms with Crippen LogP contribution >= 0.6 is 23.8 Å². The topological polar surface area (TPSA) is 65.1 Å². The first-order valence-corrected chi connectivity index (χ1v) is 10.3. The fourth-order valence-electron chi connectivity index (χ4n) is 3.32. The lowest BCUT2D eigenvalue weighted by Crippen LogP contribution is -2.42. The molecule has 1 heterocycles. The third-order valence-corrected chi connectivity index (χ3v) is 5.64. The minimum atomic E-state index is 0.367. The monoisotopic (exact) mass is 418 g/mol. The molecule has 0 bridgehead atoms. The predicted molar refractivity (Wildman–Crippen MR) is 122 cm³/mol. The zero-order valence-corrected chi connectivity index (χ0v) is 18.1. The Bertz CT molecular complexity index is 820. The number of anilines is 3. The van der Waals surface area contributed by atoms with Gasteiger partial charge in [0.25, 0.3) is 0 Å². The second-order valence-corrected chi connectivity index (χ2v) is 8.15. The van der Waals surface area contributed by atoms with Gasteiger partial charge in [0.15, 0.2) is 5.11 Å². The van der Waals surface area contributed by atoms with Crippen LogP contribution in [-0.2, 0) is 0 Å². The van der Waals surface area contributed by atoms with Gasteiger partial charge >= 0.3 is 0 Å². The quantitative estimate of drug-likeness (QED) is 0.628. The van der Waals surface area contributed by atoms with E-state index in [1.165, 1.54) is 0 Å². The van der Waals surface area contributed by atoms with Gasteiger partial charge in [0.2, 0.25) is 5.95 Å². The second kappa shape index (κ2) is 9.39. The van der Waals surface area contributed by atoms with Crippen LogP contribution in [-0.4, -0.2) is 41.3 Å². The molecule has 0 radical (unpaired) electrons. The molecule has 0 aliphatic heterocycles. The number of hydrogen-bond donors (Lipinski definition) is 3. The maximum Gasteiger partial charge on any atom is 0.224 e. The molecule has 0 saturated heterocycles. The summed E-state index contributed by atoms with van der Waals surface area (Å²) in [5.41, 5.74) is 1.94. The average molecular weight is 419 g/mol. The Balaban J connectivity index is 1.47. The molecule has 1 saturated carbocycles. The molecule has 1 aromatic heterocycles. The number of aromatic nitrogens is 2. The molecule has 1 aromatic carbocycles. The van der Waals surface area contributed by atoms with Gasteiger partial charge in [-0.15, -0.1) is 0 Å². The molecule has 1 aliphatic carbocycles. The van der Waals surface area contributed by atoms with Gasteiger partial charge in [-0.1, -0.05) is 17.7 Å². The third kappa shape index (κ3) is 5.45. The Morgan fingerprint density at radius 2 is 1.86 bits per heavy atom. The van der Waals surface area contributed by atoms with Crippen LogP contribution in [0.4, 0.5) is 17.5 Å². The van der Waals surface area contributed by atoms with Gasteiger partial charge in [-0.3, -0.25) is 0 Å². The smallest absolute Gasteiger partial charge is 0.224 e. The van der Waals surface area contributed by atoms with Crippen molar-refractivity contribution < 1.29 is 0 Å². The van der Waals surface area contributed by atoms with E-state index < -0.39 is 0 Å². The minimum absolute atomic E-state index is 0.367. The number of nitrogens with zero attached hydrogens (tertiary/aromatic N) is 3. The molecule has 0 amide bonds. The molecule has 0 atom stereocenters. The molecule has 3 N–H and O–H groups in total. The first-order valence-electron chi connectivity index (χ1n) is 9.52. The predicted octanol–water partition coefficient (Wildman–Crippen LogP) is 4.21. The Hall–Kier alpha value is -2.12. The zero-order valence-electron chi connectivity index (χ0n) is 16.5. The van der Waals surface area contributed by atoms with Gasteiger partial charge in [-0.25, -0.2) is 4.98 Å². The first kappa shape index (κ1) is 20.6. The number of thiocarbonyl (C=S) groups is 1. The maximum atomic E-state index is 6.18. The van der Waals surface area contributed by atoms with Gasteiger partial charge in [-0.05, 0) is 68.6 Å². The van der Waals surface area contributed by atoms with Crippen molar-refractivity contribution in [3.63, 3.8) is 0 Å². The lowest BCUT2D eigenvalue weighted by atomic mass is 9.91. The second-order valence-electron chi connectivity index (χ2n) is 7.34. The molecular weight excluding hydrogens is 392 g/mol. The number of nitrogens with one attached hydrogen (secondary N) is 3. The van der Waals surface area contributed by atoms with Crippen molar-refractivity contribution in [3.05, 3.63) is 41.0 Å². The summed E-state index contributed by atoms with van der Waals surface area (Å²) < 4.78 is 0. The van der Waals surface area contributed by atoms with E-state index in [2.05, 4.69) is 25.9 Å². The van der Waals surface area contributed by atoms with Gasteiger partial charge in [0.05, 0.1) is 0 Å². The molecule has 0 spiro atoms. The summed E-state index contributed by atoms with van der Waals surface area (Å²) in [6.07, 6.45) is 5.97. The van der Waals surface area contributed by atoms with Gasteiger partial charge in [-0.2, -0.15) is 4.98 Å². The number of hydrogen-bond acceptors (Lipinski definition) is 5. The summed E-state index contributed by atoms with van der Waals surface area (Å²) in [4.78, 5) is 10.9. The number of benzene rings is 1. The van der Waals surface area contributed by atoms with Gasteiger partial charge in [0, 0.05) is 43.1 Å². The fraction of sp³-hybridized carbons (Fsp3) is 0.450. The summed E-state index contributed by atoms with van der Waals surface area (Å²) in [7, 11) is 3.95. The van der Waals surface area contributed by atoms with E-state index in [4.69, 9.17) is 23.8 Å². The number of halogens is 1. The van der Waals surface area contributed by atoms with Crippen LogP contribution in [0.25, 0.3) is 0 Å². The molecule has 0 unspecified atom stereocenters. The molecular formula is C20H27ClN6S. The SMILES string of the molecule is Cc1c(Cl)cccc1NC(=S)NC1CCC(Nc2nccc(N(C)C)n2)CC1. The highest BCUT2D eigenvalue weighted by Gasteiger charge is 2.22. The Morgan fingerprint density at radius 3 is 2.57 bits per heavy atom. The van der Waals surface area contributed by atoms with Crippen molar-refractivity contribution in [3.8, 4) is 0 Å². The molecule has 2 aromatic rings. The van der Waals surface area contributed by atoms with Crippen LogP contribution in [0.2, 0.25) is 5.02 Å². The highest BCUT2D eigenvalue weighted by atomic mass is 35.5. The summed E-state index contributed by atoms with van der Waals surface area (Å²) in [6, 6.07) is 8.44. The maximum absolute atomic E-state index is 6.18. The van der Waals surface area contributed by atoms with Crippen molar-refractivity contribution >= 4 is 46.4 Å². The lowest BCUT2D eigenvalue weighted by Gasteiger charge is -2.30. The minimum Gasteiger partial charge on any atom is -0.363 e. The van der Waals surface area contributed by atoms with Gasteiger partial charge in [0.1, 0.15) is 5.82 Å². The van der Waals surface area contributed by atoms with Crippen LogP contribution in [0.15, 0.2) is 30.5 Å². The molecule has 1 aliphatic rings. The van der Waals surface area contributed by atoms with Crippen molar-refractivity contribution in [2.24, 2.45) is 0 Å². The molecule has 28 heavy (non-hydrogen) atoms. The third-order valence-electron chi connectivity index (χ3n) is 5.01. The van der Waals surface area contributed by atoms with Crippen LogP contribution in [0, 0.1) is 6.92 Å². The van der Waals surface area contributed by atoms with E-state index in [-0.39, 0.29) is 0 Å². The fourth-order valence-corrected chi connectivity index (χ4v) is 3.77. The Morgan fingerprint density at radius 1 is 1.14 bits per heavy atom. The molecule has 1 fully saturated rings. The van der Waals surface area contributed by atoms with E-state index >= 15 is 0 Å². The lowest BCUT2D eigenvalue weighted by molar-refractivity contribution is 0.387. The highest BCUT2D eigenvalue weighted by molar-refractivity contribution is 7.80. The Kier molecular flexibility index (Phi) is 6.91. The van der Waals surface area contributed by atoms with Crippen LogP contribution in [0.3, 0.4) is 0 Å². The molecule has 150 valence electrons. The van der Waals surface area contributed by atoms with E-state index in [9.17, 15) is 0 Å². The van der Waals surface area contributed by atoms with Crippen LogP contribution in [0.1, 0.15) is 31.2 Å². The van der Waals surface area contributed by atoms with E-state index in [1.807, 2.05) is 50.2 Å². The summed E-state index contributed by atoms with van der Waals surface area (Å²) in [6.45, 7) is 1.98. The van der Waals surface area contributed by atoms with Crippen LogP contribution < -0.4 is 20.9 Å². The van der Waals surface area contributed by atoms with Crippen LogP contribution in [0.5, 0.6) is 0 Å². The van der Waals surface area contributed by atoms with Crippen molar-refractivity contribution in [1.29, 1.82) is 0 Å². The summed E-state index contributed by atoms with van der Waals surface area (Å²) >= 11 is 11.7.